The second-order valence-electron chi connectivity index (χ2n) is 6.48. The quantitative estimate of drug-likeness (QED) is 0.678. The highest BCUT2D eigenvalue weighted by molar-refractivity contribution is 5.67. The predicted octanol–water partition coefficient (Wildman–Crippen LogP) is 4.86. The molecular weight excluding hydrogens is 404 g/mol. The number of halogens is 6. The highest BCUT2D eigenvalue weighted by Crippen LogP contribution is 2.38. The lowest BCUT2D eigenvalue weighted by atomic mass is 9.92. The second-order valence-corrected chi connectivity index (χ2v) is 6.48. The summed E-state index contributed by atoms with van der Waals surface area (Å²) in [6.07, 6.45) is -11.1. The van der Waals surface area contributed by atoms with Crippen LogP contribution in [0.1, 0.15) is 29.2 Å². The normalized spacial score (nSPS) is 14.2. The van der Waals surface area contributed by atoms with E-state index >= 15 is 0 Å². The van der Waals surface area contributed by atoms with E-state index in [0.29, 0.717) is 17.7 Å². The first-order valence-electron chi connectivity index (χ1n) is 8.26. The van der Waals surface area contributed by atoms with Gasteiger partial charge in [0.25, 0.3) is 0 Å². The lowest BCUT2D eigenvalue weighted by Crippen LogP contribution is -2.39. The number of aliphatic hydroxyl groups is 1. The lowest BCUT2D eigenvalue weighted by molar-refractivity contribution is -0.143. The Morgan fingerprint density at radius 2 is 1.41 bits per heavy atom. The van der Waals surface area contributed by atoms with Gasteiger partial charge in [0.15, 0.2) is 0 Å². The molecular formula is C19H17F6NO3. The summed E-state index contributed by atoms with van der Waals surface area (Å²) < 4.78 is 82.7. The van der Waals surface area contributed by atoms with Gasteiger partial charge in [-0.1, -0.05) is 30.3 Å². The van der Waals surface area contributed by atoms with Crippen molar-refractivity contribution in [1.82, 2.24) is 5.32 Å². The highest BCUT2D eigenvalue weighted by atomic mass is 19.4. The molecule has 0 aliphatic carbocycles. The smallest absolute Gasteiger partial charge is 0.416 e. The highest BCUT2D eigenvalue weighted by Gasteiger charge is 2.39. The molecule has 0 spiro atoms. The van der Waals surface area contributed by atoms with Gasteiger partial charge in [-0.05, 0) is 36.2 Å². The standard InChI is InChI=1S/C19H17F6NO3/c1-17(28,11-26-16(27)29-10-12-5-3-2-4-6-12)13-7-14(18(20,21)22)9-15(8-13)19(23,24)25/h2-9,28H,10-11H2,1H3,(H,26,27). The number of alkyl carbamates (subject to hydrolysis) is 1. The van der Waals surface area contributed by atoms with E-state index in [-0.39, 0.29) is 12.7 Å². The third kappa shape index (κ3) is 6.38. The monoisotopic (exact) mass is 421 g/mol. The molecule has 1 unspecified atom stereocenters. The molecule has 1 atom stereocenters. The molecule has 2 N–H and O–H groups in total. The van der Waals surface area contributed by atoms with Crippen LogP contribution in [0.3, 0.4) is 0 Å². The summed E-state index contributed by atoms with van der Waals surface area (Å²) in [5, 5.41) is 12.5. The van der Waals surface area contributed by atoms with Gasteiger partial charge >= 0.3 is 18.4 Å². The van der Waals surface area contributed by atoms with Crippen LogP contribution in [0, 0.1) is 0 Å². The summed E-state index contributed by atoms with van der Waals surface area (Å²) in [6, 6.07) is 9.33. The molecule has 0 radical (unpaired) electrons. The van der Waals surface area contributed by atoms with Crippen molar-refractivity contribution in [1.29, 1.82) is 0 Å². The van der Waals surface area contributed by atoms with Gasteiger partial charge in [-0.15, -0.1) is 0 Å². The minimum absolute atomic E-state index is 0.0405. The van der Waals surface area contributed by atoms with Crippen molar-refractivity contribution in [2.24, 2.45) is 0 Å². The van der Waals surface area contributed by atoms with E-state index in [2.05, 4.69) is 5.32 Å². The molecule has 158 valence electrons. The van der Waals surface area contributed by atoms with E-state index in [4.69, 9.17) is 4.74 Å². The van der Waals surface area contributed by atoms with Crippen LogP contribution in [-0.2, 0) is 29.3 Å². The third-order valence-electron chi connectivity index (χ3n) is 4.00. The number of carbonyl (C=O) groups excluding carboxylic acids is 1. The molecule has 0 bridgehead atoms. The van der Waals surface area contributed by atoms with Gasteiger partial charge in [-0.3, -0.25) is 0 Å². The van der Waals surface area contributed by atoms with Crippen molar-refractivity contribution < 1.29 is 41.0 Å². The summed E-state index contributed by atoms with van der Waals surface area (Å²) in [5.74, 6) is 0. The zero-order valence-electron chi connectivity index (χ0n) is 15.1. The van der Waals surface area contributed by atoms with Crippen LogP contribution in [-0.4, -0.2) is 17.7 Å². The first-order chi connectivity index (χ1) is 13.3. The Morgan fingerprint density at radius 1 is 0.931 bits per heavy atom. The van der Waals surface area contributed by atoms with Crippen molar-refractivity contribution >= 4 is 6.09 Å². The number of benzene rings is 2. The maximum Gasteiger partial charge on any atom is 0.416 e. The molecule has 0 aliphatic heterocycles. The molecule has 2 rings (SSSR count). The fourth-order valence-corrected chi connectivity index (χ4v) is 2.39. The Hall–Kier alpha value is -2.75. The van der Waals surface area contributed by atoms with E-state index in [1.807, 2.05) is 0 Å². The first-order valence-corrected chi connectivity index (χ1v) is 8.26. The Kier molecular flexibility index (Phi) is 6.46. The van der Waals surface area contributed by atoms with Crippen molar-refractivity contribution in [3.8, 4) is 0 Å². The number of rotatable bonds is 5. The van der Waals surface area contributed by atoms with E-state index in [1.54, 1.807) is 30.3 Å². The molecule has 29 heavy (non-hydrogen) atoms. The second kappa shape index (κ2) is 8.32. The molecule has 2 aromatic rings. The molecule has 4 nitrogen and oxygen atoms in total. The number of nitrogens with one attached hydrogen (secondary N) is 1. The van der Waals surface area contributed by atoms with Crippen molar-refractivity contribution in [3.63, 3.8) is 0 Å². The van der Waals surface area contributed by atoms with Crippen LogP contribution in [0.15, 0.2) is 48.5 Å². The summed E-state index contributed by atoms with van der Waals surface area (Å²) in [5.41, 5.74) is -5.32. The number of hydrogen-bond acceptors (Lipinski definition) is 3. The fourth-order valence-electron chi connectivity index (χ4n) is 2.39. The molecule has 10 heteroatoms. The topological polar surface area (TPSA) is 58.6 Å². The van der Waals surface area contributed by atoms with Gasteiger partial charge in [0.2, 0.25) is 0 Å². The van der Waals surface area contributed by atoms with Gasteiger partial charge < -0.3 is 15.2 Å². The summed E-state index contributed by atoms with van der Waals surface area (Å²) in [4.78, 5) is 11.7. The summed E-state index contributed by atoms with van der Waals surface area (Å²) >= 11 is 0. The lowest BCUT2D eigenvalue weighted by Gasteiger charge is -2.26. The molecule has 0 heterocycles. The molecule has 0 aliphatic rings. The maximum absolute atomic E-state index is 13.0. The molecule has 0 aromatic heterocycles. The predicted molar refractivity (Wildman–Crippen MR) is 90.6 cm³/mol. The average Bonchev–Trinajstić information content (AvgIpc) is 2.64. The van der Waals surface area contributed by atoms with E-state index in [1.165, 1.54) is 0 Å². The SMILES string of the molecule is CC(O)(CNC(=O)OCc1ccccc1)c1cc(C(F)(F)F)cc(C(F)(F)F)c1. The van der Waals surface area contributed by atoms with E-state index in [9.17, 15) is 36.2 Å². The maximum atomic E-state index is 13.0. The first kappa shape index (κ1) is 22.5. The average molecular weight is 421 g/mol. The number of amides is 1. The Morgan fingerprint density at radius 3 is 1.90 bits per heavy atom. The van der Waals surface area contributed by atoms with Gasteiger partial charge in [-0.25, -0.2) is 4.79 Å². The Balaban J connectivity index is 2.14. The zero-order valence-corrected chi connectivity index (χ0v) is 15.1. The molecule has 2 aromatic carbocycles. The number of carbonyl (C=O) groups is 1. The van der Waals surface area contributed by atoms with Crippen LogP contribution in [0.4, 0.5) is 31.1 Å². The summed E-state index contributed by atoms with van der Waals surface area (Å²) in [6.45, 7) is 0.218. The van der Waals surface area contributed by atoms with Gasteiger partial charge in [-0.2, -0.15) is 26.3 Å². The number of alkyl halides is 6. The largest absolute Gasteiger partial charge is 0.445 e. The van der Waals surface area contributed by atoms with Gasteiger partial charge in [0.05, 0.1) is 17.7 Å². The van der Waals surface area contributed by atoms with Crippen molar-refractivity contribution in [2.45, 2.75) is 31.5 Å². The molecule has 0 saturated heterocycles. The minimum atomic E-state index is -5.05. The van der Waals surface area contributed by atoms with Gasteiger partial charge in [0, 0.05) is 0 Å². The van der Waals surface area contributed by atoms with Gasteiger partial charge in [0.1, 0.15) is 12.2 Å². The summed E-state index contributed by atoms with van der Waals surface area (Å²) in [7, 11) is 0. The Bertz CT molecular complexity index is 815. The Labute approximate surface area is 162 Å². The fraction of sp³-hybridized carbons (Fsp3) is 0.316. The van der Waals surface area contributed by atoms with Crippen molar-refractivity contribution in [3.05, 3.63) is 70.8 Å². The van der Waals surface area contributed by atoms with Crippen LogP contribution in [0.5, 0.6) is 0 Å². The van der Waals surface area contributed by atoms with Crippen LogP contribution >= 0.6 is 0 Å². The van der Waals surface area contributed by atoms with Crippen LogP contribution < -0.4 is 5.32 Å². The van der Waals surface area contributed by atoms with E-state index in [0.717, 1.165) is 6.92 Å². The van der Waals surface area contributed by atoms with E-state index < -0.39 is 47.3 Å². The van der Waals surface area contributed by atoms with Crippen LogP contribution in [0.25, 0.3) is 0 Å². The van der Waals surface area contributed by atoms with Crippen LogP contribution in [0.2, 0.25) is 0 Å². The minimum Gasteiger partial charge on any atom is -0.445 e. The zero-order chi connectivity index (χ0) is 21.9. The number of ether oxygens (including phenoxy) is 1. The molecule has 0 fully saturated rings. The molecule has 1 amide bonds. The third-order valence-corrected chi connectivity index (χ3v) is 4.00. The molecule has 0 saturated carbocycles. The van der Waals surface area contributed by atoms with Crippen molar-refractivity contribution in [2.75, 3.05) is 6.54 Å². The number of hydrogen-bond donors (Lipinski definition) is 2.